The summed E-state index contributed by atoms with van der Waals surface area (Å²) in [6.45, 7) is 4.38. The average molecular weight is 756 g/mol. The fraction of sp³-hybridized carbons (Fsp3) is 0.0545. The third kappa shape index (κ3) is 3.83. The third-order valence-electron chi connectivity index (χ3n) is 13.6. The first kappa shape index (κ1) is 32.2. The molecule has 4 aliphatic rings. The van der Waals surface area contributed by atoms with E-state index in [1.54, 1.807) is 0 Å². The summed E-state index contributed by atoms with van der Waals surface area (Å²) < 4.78 is 6.77. The lowest BCUT2D eigenvalue weighted by molar-refractivity contribution is 0.433. The van der Waals surface area contributed by atoms with Crippen LogP contribution in [0.3, 0.4) is 0 Å². The van der Waals surface area contributed by atoms with Gasteiger partial charge >= 0.3 is 0 Å². The van der Waals surface area contributed by atoms with E-state index in [9.17, 15) is 0 Å². The summed E-state index contributed by atoms with van der Waals surface area (Å²) in [5.41, 5.74) is 15.8. The van der Waals surface area contributed by atoms with Crippen molar-refractivity contribution in [2.45, 2.75) is 19.3 Å². The number of nitrogens with zero attached hydrogens (tertiary/aromatic N) is 1. The molecule has 0 saturated carbocycles. The first-order chi connectivity index (χ1) is 28.6. The number of ether oxygens (including phenoxy) is 1. The molecule has 0 N–H and O–H groups in total. The van der Waals surface area contributed by atoms with Crippen LogP contribution in [0.15, 0.2) is 188 Å². The molecule has 0 bridgehead atoms. The summed E-state index contributed by atoms with van der Waals surface area (Å²) in [7, 11) is -2.74. The van der Waals surface area contributed by atoms with Gasteiger partial charge in [-0.3, -0.25) is 0 Å². The van der Waals surface area contributed by atoms with E-state index >= 15 is 0 Å². The number of para-hydroxylation sites is 2. The summed E-state index contributed by atoms with van der Waals surface area (Å²) in [4.78, 5) is 2.55. The molecule has 272 valence electrons. The number of rotatable bonds is 1. The van der Waals surface area contributed by atoms with Crippen molar-refractivity contribution >= 4 is 56.7 Å². The van der Waals surface area contributed by atoms with E-state index in [1.807, 2.05) is 0 Å². The normalized spacial score (nSPS) is 16.8. The standard InChI is InChI=1S/C55H37NOSi/c1-34-23-28-48-44(31-34)55(45-32-35(2)24-29-49(45)57-48)42-17-7-9-19-46(42)56(47-20-10-8-18-43(47)55)37-26-27-40-39-15-5-11-21-50(39)58(53(40)33-37)51-22-12-6-16-41(51)54-38-14-4-3-13-36(38)25-30-52(54)58/h3-33H,1-2H3. The zero-order valence-electron chi connectivity index (χ0n) is 32.3. The summed E-state index contributed by atoms with van der Waals surface area (Å²) in [5.74, 6) is 1.82. The van der Waals surface area contributed by atoms with Gasteiger partial charge in [-0.25, -0.2) is 0 Å². The molecule has 2 nitrogen and oxygen atoms in total. The topological polar surface area (TPSA) is 12.5 Å². The van der Waals surface area contributed by atoms with Gasteiger partial charge in [-0.1, -0.05) is 163 Å². The first-order valence-corrected chi connectivity index (χ1v) is 22.3. The minimum absolute atomic E-state index is 0.585. The van der Waals surface area contributed by atoms with Crippen molar-refractivity contribution in [1.82, 2.24) is 0 Å². The van der Waals surface area contributed by atoms with E-state index in [4.69, 9.17) is 4.74 Å². The molecule has 1 atom stereocenters. The van der Waals surface area contributed by atoms with Crippen LogP contribution in [0.5, 0.6) is 11.5 Å². The van der Waals surface area contributed by atoms with Crippen LogP contribution >= 0.6 is 0 Å². The van der Waals surface area contributed by atoms with Crippen molar-refractivity contribution in [3.05, 3.63) is 221 Å². The molecule has 0 saturated heterocycles. The zero-order chi connectivity index (χ0) is 38.3. The Balaban J connectivity index is 1.12. The Kier molecular flexibility index (Phi) is 6.29. The van der Waals surface area contributed by atoms with E-state index in [2.05, 4.69) is 207 Å². The number of hydrogen-bond donors (Lipinski definition) is 0. The van der Waals surface area contributed by atoms with E-state index < -0.39 is 13.5 Å². The second-order valence-electron chi connectivity index (χ2n) is 16.5. The van der Waals surface area contributed by atoms with Gasteiger partial charge in [0.2, 0.25) is 0 Å². The molecule has 2 spiro atoms. The van der Waals surface area contributed by atoms with Gasteiger partial charge in [-0.2, -0.15) is 0 Å². The summed E-state index contributed by atoms with van der Waals surface area (Å²) >= 11 is 0. The molecule has 9 aromatic rings. The maximum absolute atomic E-state index is 6.77. The minimum Gasteiger partial charge on any atom is -0.457 e. The van der Waals surface area contributed by atoms with E-state index in [0.717, 1.165) is 11.5 Å². The van der Waals surface area contributed by atoms with Crippen molar-refractivity contribution in [3.8, 4) is 33.8 Å². The van der Waals surface area contributed by atoms with Gasteiger partial charge in [-0.05, 0) is 115 Å². The molecule has 0 fully saturated rings. The Morgan fingerprint density at radius 2 is 1.00 bits per heavy atom. The minimum atomic E-state index is -2.74. The fourth-order valence-electron chi connectivity index (χ4n) is 11.5. The molecule has 4 aliphatic heterocycles. The Hall–Kier alpha value is -6.94. The molecule has 3 heteroatoms. The number of hydrogen-bond acceptors (Lipinski definition) is 2. The Morgan fingerprint density at radius 3 is 1.71 bits per heavy atom. The molecule has 0 amide bonds. The molecule has 9 aromatic carbocycles. The van der Waals surface area contributed by atoms with Crippen LogP contribution in [-0.4, -0.2) is 8.07 Å². The quantitative estimate of drug-likeness (QED) is 0.155. The van der Waals surface area contributed by atoms with Crippen LogP contribution in [0, 0.1) is 13.8 Å². The van der Waals surface area contributed by atoms with Crippen molar-refractivity contribution < 1.29 is 4.74 Å². The van der Waals surface area contributed by atoms with Gasteiger partial charge < -0.3 is 9.64 Å². The van der Waals surface area contributed by atoms with Crippen molar-refractivity contribution in [1.29, 1.82) is 0 Å². The lowest BCUT2D eigenvalue weighted by Crippen LogP contribution is -2.70. The van der Waals surface area contributed by atoms with Crippen LogP contribution < -0.4 is 30.4 Å². The maximum atomic E-state index is 6.77. The maximum Gasteiger partial charge on any atom is 0.182 e. The van der Waals surface area contributed by atoms with Gasteiger partial charge in [0.05, 0.1) is 16.8 Å². The smallest absolute Gasteiger partial charge is 0.182 e. The number of benzene rings is 9. The van der Waals surface area contributed by atoms with Crippen LogP contribution in [0.4, 0.5) is 17.1 Å². The number of aryl methyl sites for hydroxylation is 2. The molecular weight excluding hydrogens is 719 g/mol. The lowest BCUT2D eigenvalue weighted by Gasteiger charge is -2.48. The number of fused-ring (bicyclic) bond motifs is 20. The Labute approximate surface area is 339 Å². The van der Waals surface area contributed by atoms with Crippen LogP contribution in [0.2, 0.25) is 0 Å². The molecule has 58 heavy (non-hydrogen) atoms. The second kappa shape index (κ2) is 11.3. The molecule has 4 heterocycles. The highest BCUT2D eigenvalue weighted by Gasteiger charge is 2.55. The lowest BCUT2D eigenvalue weighted by atomic mass is 9.61. The molecule has 0 aromatic heterocycles. The highest BCUT2D eigenvalue weighted by molar-refractivity contribution is 7.24. The predicted octanol–water partition coefficient (Wildman–Crippen LogP) is 11.1. The summed E-state index contributed by atoms with van der Waals surface area (Å²) in [6, 6.07) is 71.3. The van der Waals surface area contributed by atoms with Gasteiger partial charge in [-0.15, -0.1) is 0 Å². The molecule has 13 rings (SSSR count). The third-order valence-corrected chi connectivity index (χ3v) is 18.6. The van der Waals surface area contributed by atoms with Crippen LogP contribution in [0.1, 0.15) is 33.4 Å². The molecule has 0 aliphatic carbocycles. The molecule has 1 unspecified atom stereocenters. The predicted molar refractivity (Wildman–Crippen MR) is 242 cm³/mol. The summed E-state index contributed by atoms with van der Waals surface area (Å²) in [6.07, 6.45) is 0. The van der Waals surface area contributed by atoms with Crippen LogP contribution in [0.25, 0.3) is 33.0 Å². The van der Waals surface area contributed by atoms with Gasteiger partial charge in [0, 0.05) is 16.8 Å². The number of anilines is 3. The summed E-state index contributed by atoms with van der Waals surface area (Å²) in [5, 5.41) is 8.57. The fourth-order valence-corrected chi connectivity index (χ4v) is 17.1. The van der Waals surface area contributed by atoms with Crippen molar-refractivity contribution in [2.75, 3.05) is 4.90 Å². The highest BCUT2D eigenvalue weighted by atomic mass is 28.3. The molecular formula is C55H37NOSi. The van der Waals surface area contributed by atoms with Crippen molar-refractivity contribution in [3.63, 3.8) is 0 Å². The van der Waals surface area contributed by atoms with Crippen LogP contribution in [-0.2, 0) is 5.41 Å². The van der Waals surface area contributed by atoms with Gasteiger partial charge in [0.25, 0.3) is 0 Å². The first-order valence-electron chi connectivity index (χ1n) is 20.3. The van der Waals surface area contributed by atoms with E-state index in [-0.39, 0.29) is 0 Å². The zero-order valence-corrected chi connectivity index (χ0v) is 33.3. The molecule has 0 radical (unpaired) electrons. The van der Waals surface area contributed by atoms with Gasteiger partial charge in [0.1, 0.15) is 11.5 Å². The average Bonchev–Trinajstić information content (AvgIpc) is 3.74. The second-order valence-corrected chi connectivity index (χ2v) is 20.2. The Morgan fingerprint density at radius 1 is 0.431 bits per heavy atom. The SMILES string of the molecule is Cc1ccc2c(c1)C1(c3cc(C)ccc3O2)c2ccccc2N(c2ccc3c(c2)[Si]2(c4ccccc4-3)c3ccccc3-c3c2ccc2ccccc32)c2ccccc21. The monoisotopic (exact) mass is 755 g/mol. The van der Waals surface area contributed by atoms with E-state index in [0.29, 0.717) is 0 Å². The highest BCUT2D eigenvalue weighted by Crippen LogP contribution is 2.63. The van der Waals surface area contributed by atoms with Crippen molar-refractivity contribution in [2.24, 2.45) is 0 Å². The van der Waals surface area contributed by atoms with E-state index in [1.165, 1.54) is 104 Å². The van der Waals surface area contributed by atoms with Gasteiger partial charge in [0.15, 0.2) is 8.07 Å². The largest absolute Gasteiger partial charge is 0.457 e. The Bertz CT molecular complexity index is 3170.